The highest BCUT2D eigenvalue weighted by atomic mass is 16.7. The number of ether oxygens (including phenoxy) is 3. The average Bonchev–Trinajstić information content (AvgIpc) is 3.73. The number of likely N-dealkylation sites (tertiary alicyclic amines) is 1. The van der Waals surface area contributed by atoms with Gasteiger partial charge >= 0.3 is 6.03 Å². The summed E-state index contributed by atoms with van der Waals surface area (Å²) in [5.41, 5.74) is 6.53. The molecule has 10 nitrogen and oxygen atoms in total. The molecule has 47 heavy (non-hydrogen) atoms. The number of amides is 2. The van der Waals surface area contributed by atoms with Crippen molar-refractivity contribution in [3.63, 3.8) is 0 Å². The standard InChI is InChI=1S/C37H46N6O4/c1-36(2,3)28-7-4-6-27(26-28)34-39-31-8-5-9-32(33(31)40-34)42-20-18-41(19-21-42)22-23-45-30-12-10-29(11-13-30)38-35(44)43-16-14-37(15-17-43)46-24-25-47-37/h4-13,26H,14-25H2,1-3H3,(H,38,44)(H,39,40). The fourth-order valence-corrected chi connectivity index (χ4v) is 6.72. The normalized spacial score (nSPS) is 18.6. The van der Waals surface area contributed by atoms with E-state index in [4.69, 9.17) is 19.2 Å². The lowest BCUT2D eigenvalue weighted by atomic mass is 9.86. The zero-order valence-electron chi connectivity index (χ0n) is 27.8. The van der Waals surface area contributed by atoms with Crippen molar-refractivity contribution < 1.29 is 19.0 Å². The van der Waals surface area contributed by atoms with Crippen LogP contribution >= 0.6 is 0 Å². The van der Waals surface area contributed by atoms with E-state index in [2.05, 4.69) is 83.3 Å². The number of imidazole rings is 1. The minimum Gasteiger partial charge on any atom is -0.492 e. The molecule has 3 fully saturated rings. The number of aromatic amines is 1. The Morgan fingerprint density at radius 2 is 1.66 bits per heavy atom. The number of nitrogens with zero attached hydrogens (tertiary/aromatic N) is 4. The first-order valence-corrected chi connectivity index (χ1v) is 16.9. The van der Waals surface area contributed by atoms with E-state index in [1.165, 1.54) is 11.3 Å². The molecule has 4 aromatic rings. The number of hydrogen-bond acceptors (Lipinski definition) is 7. The van der Waals surface area contributed by atoms with Crippen molar-refractivity contribution >= 4 is 28.4 Å². The van der Waals surface area contributed by atoms with Crippen molar-refractivity contribution in [1.29, 1.82) is 0 Å². The maximum absolute atomic E-state index is 12.8. The number of nitrogens with one attached hydrogen (secondary N) is 2. The second kappa shape index (κ2) is 13.2. The Hall–Kier alpha value is -4.12. The number of piperidine rings is 1. The molecule has 3 aliphatic heterocycles. The fourth-order valence-electron chi connectivity index (χ4n) is 6.72. The van der Waals surface area contributed by atoms with Crippen LogP contribution in [0.15, 0.2) is 66.7 Å². The summed E-state index contributed by atoms with van der Waals surface area (Å²) < 4.78 is 17.6. The Balaban J connectivity index is 0.874. The molecule has 3 aliphatic rings. The second-order valence-electron chi connectivity index (χ2n) is 13.8. The molecule has 10 heteroatoms. The summed E-state index contributed by atoms with van der Waals surface area (Å²) in [5.74, 6) is 1.23. The van der Waals surface area contributed by atoms with Gasteiger partial charge in [0.15, 0.2) is 5.79 Å². The maximum Gasteiger partial charge on any atom is 0.321 e. The molecule has 0 aliphatic carbocycles. The summed E-state index contributed by atoms with van der Waals surface area (Å²) in [7, 11) is 0. The third-order valence-electron chi connectivity index (χ3n) is 9.61. The van der Waals surface area contributed by atoms with E-state index in [1.807, 2.05) is 29.2 Å². The Morgan fingerprint density at radius 1 is 0.936 bits per heavy atom. The summed E-state index contributed by atoms with van der Waals surface area (Å²) in [5, 5.41) is 3.00. The molecule has 3 aromatic carbocycles. The van der Waals surface area contributed by atoms with E-state index in [1.54, 1.807) is 0 Å². The molecule has 4 heterocycles. The van der Waals surface area contributed by atoms with E-state index in [0.29, 0.717) is 45.8 Å². The molecule has 1 spiro atoms. The molecule has 1 aromatic heterocycles. The van der Waals surface area contributed by atoms with Crippen molar-refractivity contribution in [2.75, 3.05) is 75.9 Å². The lowest BCUT2D eigenvalue weighted by Gasteiger charge is -2.37. The summed E-state index contributed by atoms with van der Waals surface area (Å²) in [6, 6.07) is 22.6. The van der Waals surface area contributed by atoms with Crippen molar-refractivity contribution in [3.8, 4) is 17.1 Å². The number of para-hydroxylation sites is 1. The van der Waals surface area contributed by atoms with Crippen LogP contribution in [0.5, 0.6) is 5.75 Å². The number of carbonyl (C=O) groups is 1. The van der Waals surface area contributed by atoms with Crippen LogP contribution in [0.25, 0.3) is 22.4 Å². The van der Waals surface area contributed by atoms with Gasteiger partial charge in [-0.15, -0.1) is 0 Å². The monoisotopic (exact) mass is 638 g/mol. The molecular formula is C37H46N6O4. The van der Waals surface area contributed by atoms with E-state index in [0.717, 1.165) is 66.6 Å². The SMILES string of the molecule is CC(C)(C)c1cccc(-c2nc3c(N4CCN(CCOc5ccc(NC(=O)N6CCC7(CC6)OCCO7)cc5)CC4)cccc3[nH]2)c1. The van der Waals surface area contributed by atoms with Crippen LogP contribution in [0.2, 0.25) is 0 Å². The topological polar surface area (TPSA) is 95.2 Å². The molecule has 0 unspecified atom stereocenters. The lowest BCUT2D eigenvalue weighted by Crippen LogP contribution is -2.48. The van der Waals surface area contributed by atoms with E-state index in [9.17, 15) is 4.79 Å². The van der Waals surface area contributed by atoms with E-state index < -0.39 is 5.79 Å². The molecule has 2 amide bonds. The number of urea groups is 1. The first-order valence-electron chi connectivity index (χ1n) is 16.9. The molecular weight excluding hydrogens is 592 g/mol. The van der Waals surface area contributed by atoms with Gasteiger partial charge in [0.1, 0.15) is 23.7 Å². The van der Waals surface area contributed by atoms with Gasteiger partial charge in [-0.1, -0.05) is 45.0 Å². The summed E-state index contributed by atoms with van der Waals surface area (Å²) in [6.07, 6.45) is 1.41. The summed E-state index contributed by atoms with van der Waals surface area (Å²) >= 11 is 0. The van der Waals surface area contributed by atoms with Crippen LogP contribution in [0.1, 0.15) is 39.2 Å². The predicted molar refractivity (Wildman–Crippen MR) is 185 cm³/mol. The number of fused-ring (bicyclic) bond motifs is 1. The van der Waals surface area contributed by atoms with E-state index in [-0.39, 0.29) is 11.4 Å². The third kappa shape index (κ3) is 7.10. The molecule has 0 atom stereocenters. The van der Waals surface area contributed by atoms with Crippen LogP contribution in [0.4, 0.5) is 16.2 Å². The van der Waals surface area contributed by atoms with Crippen LogP contribution in [0, 0.1) is 0 Å². The quantitative estimate of drug-likeness (QED) is 0.253. The van der Waals surface area contributed by atoms with Gasteiger partial charge in [-0.3, -0.25) is 4.90 Å². The van der Waals surface area contributed by atoms with Crippen molar-refractivity contribution in [3.05, 3.63) is 72.3 Å². The average molecular weight is 639 g/mol. The Bertz CT molecular complexity index is 1670. The Labute approximate surface area is 277 Å². The van der Waals surface area contributed by atoms with Gasteiger partial charge < -0.3 is 34.3 Å². The van der Waals surface area contributed by atoms with Gasteiger partial charge in [0.05, 0.1) is 24.4 Å². The molecule has 0 radical (unpaired) electrons. The number of carbonyl (C=O) groups excluding carboxylic acids is 1. The van der Waals surface area contributed by atoms with Gasteiger partial charge in [-0.05, 0) is 53.4 Å². The zero-order valence-corrected chi connectivity index (χ0v) is 27.8. The highest BCUT2D eigenvalue weighted by molar-refractivity contribution is 5.91. The smallest absolute Gasteiger partial charge is 0.321 e. The molecule has 0 saturated carbocycles. The number of rotatable bonds is 7. The van der Waals surface area contributed by atoms with Crippen LogP contribution in [-0.4, -0.2) is 97.2 Å². The van der Waals surface area contributed by atoms with Crippen molar-refractivity contribution in [2.45, 2.75) is 44.8 Å². The zero-order chi connectivity index (χ0) is 32.4. The summed E-state index contributed by atoms with van der Waals surface area (Å²) in [4.78, 5) is 28.1. The largest absolute Gasteiger partial charge is 0.492 e. The first kappa shape index (κ1) is 31.5. The van der Waals surface area contributed by atoms with Crippen LogP contribution in [0.3, 0.4) is 0 Å². The van der Waals surface area contributed by atoms with Gasteiger partial charge in [0.25, 0.3) is 0 Å². The van der Waals surface area contributed by atoms with Crippen LogP contribution < -0.4 is 15.0 Å². The van der Waals surface area contributed by atoms with Crippen LogP contribution in [-0.2, 0) is 14.9 Å². The number of benzene rings is 3. The maximum atomic E-state index is 12.8. The third-order valence-corrected chi connectivity index (χ3v) is 9.61. The lowest BCUT2D eigenvalue weighted by molar-refractivity contribution is -0.181. The molecule has 2 N–H and O–H groups in total. The number of aromatic nitrogens is 2. The molecule has 3 saturated heterocycles. The number of hydrogen-bond donors (Lipinski definition) is 2. The second-order valence-corrected chi connectivity index (χ2v) is 13.8. The first-order chi connectivity index (χ1) is 22.7. The van der Waals surface area contributed by atoms with E-state index >= 15 is 0 Å². The minimum atomic E-state index is -0.484. The fraction of sp³-hybridized carbons (Fsp3) is 0.459. The highest BCUT2D eigenvalue weighted by Gasteiger charge is 2.40. The highest BCUT2D eigenvalue weighted by Crippen LogP contribution is 2.33. The number of anilines is 2. The van der Waals surface area contributed by atoms with Gasteiger partial charge in [0.2, 0.25) is 0 Å². The van der Waals surface area contributed by atoms with Gasteiger partial charge in [0, 0.05) is 69.9 Å². The van der Waals surface area contributed by atoms with Crippen molar-refractivity contribution in [1.82, 2.24) is 19.8 Å². The van der Waals surface area contributed by atoms with Gasteiger partial charge in [-0.25, -0.2) is 9.78 Å². The molecule has 248 valence electrons. The Kier molecular flexibility index (Phi) is 8.83. The molecule has 7 rings (SSSR count). The van der Waals surface area contributed by atoms with Crippen molar-refractivity contribution in [2.24, 2.45) is 0 Å². The minimum absolute atomic E-state index is 0.0844. The number of piperazine rings is 1. The van der Waals surface area contributed by atoms with Gasteiger partial charge in [-0.2, -0.15) is 0 Å². The number of H-pyrrole nitrogens is 1. The molecule has 0 bridgehead atoms. The summed E-state index contributed by atoms with van der Waals surface area (Å²) in [6.45, 7) is 14.5. The Morgan fingerprint density at radius 3 is 2.38 bits per heavy atom. The predicted octanol–water partition coefficient (Wildman–Crippen LogP) is 6.10.